The first-order chi connectivity index (χ1) is 9.36. The molecule has 1 amide bonds. The summed E-state index contributed by atoms with van der Waals surface area (Å²) in [5.74, 6) is -1.72. The van der Waals surface area contributed by atoms with Gasteiger partial charge in [-0.05, 0) is 25.5 Å². The van der Waals surface area contributed by atoms with Gasteiger partial charge in [-0.1, -0.05) is 13.3 Å². The number of hydrogen-bond acceptors (Lipinski definition) is 2. The molecule has 0 fully saturated rings. The lowest BCUT2D eigenvalue weighted by molar-refractivity contribution is -0.137. The Balaban J connectivity index is 2.86. The maximum atomic E-state index is 12.9. The van der Waals surface area contributed by atoms with E-state index in [1.807, 2.05) is 6.92 Å². The van der Waals surface area contributed by atoms with Crippen LogP contribution in [-0.2, 0) is 4.79 Å². The zero-order chi connectivity index (χ0) is 15.3. The molecule has 112 valence electrons. The highest BCUT2D eigenvalue weighted by atomic mass is 19.3. The molecule has 0 saturated heterocycles. The molecule has 0 aromatic carbocycles. The summed E-state index contributed by atoms with van der Waals surface area (Å²) in [6, 6.07) is 2.17. The number of amides is 1. The highest BCUT2D eigenvalue weighted by Crippen LogP contribution is 2.19. The zero-order valence-corrected chi connectivity index (χ0v) is 11.4. The summed E-state index contributed by atoms with van der Waals surface area (Å²) in [5, 5.41) is 11.3. The molecule has 0 aliphatic carbocycles. The fourth-order valence-electron chi connectivity index (χ4n) is 2.04. The van der Waals surface area contributed by atoms with Gasteiger partial charge >= 0.3 is 12.5 Å². The van der Waals surface area contributed by atoms with E-state index in [9.17, 15) is 18.4 Å². The van der Waals surface area contributed by atoms with Gasteiger partial charge in [-0.2, -0.15) is 8.78 Å². The minimum Gasteiger partial charge on any atom is -0.481 e. The summed E-state index contributed by atoms with van der Waals surface area (Å²) >= 11 is 0. The maximum Gasteiger partial charge on any atom is 0.319 e. The highest BCUT2D eigenvalue weighted by molar-refractivity contribution is 5.93. The molecule has 0 radical (unpaired) electrons. The minimum absolute atomic E-state index is 0.163. The Morgan fingerprint density at radius 1 is 1.40 bits per heavy atom. The lowest BCUT2D eigenvalue weighted by Crippen LogP contribution is -2.37. The summed E-state index contributed by atoms with van der Waals surface area (Å²) in [4.78, 5) is 22.7. The molecule has 0 aliphatic heterocycles. The number of alkyl halides is 2. The van der Waals surface area contributed by atoms with E-state index in [1.165, 1.54) is 19.1 Å². The van der Waals surface area contributed by atoms with Crippen LogP contribution < -0.4 is 5.32 Å². The van der Waals surface area contributed by atoms with Gasteiger partial charge in [-0.15, -0.1) is 0 Å². The van der Waals surface area contributed by atoms with E-state index < -0.39 is 24.5 Å². The predicted molar refractivity (Wildman–Crippen MR) is 68.8 cm³/mol. The number of carboxylic acid groups (broad SMARTS) is 1. The van der Waals surface area contributed by atoms with Crippen molar-refractivity contribution in [3.05, 3.63) is 23.5 Å². The van der Waals surface area contributed by atoms with Crippen LogP contribution in [0, 0.1) is 6.92 Å². The van der Waals surface area contributed by atoms with E-state index in [0.717, 1.165) is 0 Å². The normalized spacial score (nSPS) is 12.4. The molecule has 5 nitrogen and oxygen atoms in total. The number of carbonyl (C=O) groups excluding carboxylic acids is 1. The van der Waals surface area contributed by atoms with Crippen LogP contribution in [0.25, 0.3) is 0 Å². The van der Waals surface area contributed by atoms with Crippen LogP contribution in [-0.4, -0.2) is 27.6 Å². The number of halogens is 2. The second-order valence-electron chi connectivity index (χ2n) is 4.56. The number of aliphatic carboxylic acids is 1. The number of aromatic nitrogens is 1. The number of nitrogens with zero attached hydrogens (tertiary/aromatic N) is 1. The monoisotopic (exact) mass is 288 g/mol. The SMILES string of the molecule is CCC[C@H](CC(=O)O)NC(=O)c1ccc(C)n1C(F)F. The first-order valence-electron chi connectivity index (χ1n) is 6.35. The molecule has 0 saturated carbocycles. The number of carbonyl (C=O) groups is 2. The van der Waals surface area contributed by atoms with Crippen LogP contribution in [0.3, 0.4) is 0 Å². The van der Waals surface area contributed by atoms with Gasteiger partial charge in [0.15, 0.2) is 0 Å². The molecular weight excluding hydrogens is 270 g/mol. The van der Waals surface area contributed by atoms with Gasteiger partial charge in [-0.25, -0.2) is 0 Å². The molecule has 20 heavy (non-hydrogen) atoms. The number of carboxylic acids is 1. The zero-order valence-electron chi connectivity index (χ0n) is 11.4. The molecule has 0 bridgehead atoms. The number of rotatable bonds is 7. The van der Waals surface area contributed by atoms with Crippen LogP contribution in [0.1, 0.15) is 48.9 Å². The molecule has 0 spiro atoms. The van der Waals surface area contributed by atoms with Crippen molar-refractivity contribution in [2.24, 2.45) is 0 Å². The summed E-state index contributed by atoms with van der Waals surface area (Å²) in [7, 11) is 0. The lowest BCUT2D eigenvalue weighted by atomic mass is 10.1. The molecule has 2 N–H and O–H groups in total. The Bertz CT molecular complexity index is 486. The van der Waals surface area contributed by atoms with Crippen molar-refractivity contribution in [3.63, 3.8) is 0 Å². The van der Waals surface area contributed by atoms with Crippen molar-refractivity contribution in [3.8, 4) is 0 Å². The molecule has 1 atom stereocenters. The molecular formula is C13H18F2N2O3. The van der Waals surface area contributed by atoms with E-state index >= 15 is 0 Å². The maximum absolute atomic E-state index is 12.9. The minimum atomic E-state index is -2.81. The summed E-state index contributed by atoms with van der Waals surface area (Å²) in [6.07, 6.45) is 0.938. The highest BCUT2D eigenvalue weighted by Gasteiger charge is 2.22. The summed E-state index contributed by atoms with van der Waals surface area (Å²) < 4.78 is 26.4. The molecule has 1 rings (SSSR count). The predicted octanol–water partition coefficient (Wildman–Crippen LogP) is 2.56. The van der Waals surface area contributed by atoms with Crippen molar-refractivity contribution in [2.75, 3.05) is 0 Å². The van der Waals surface area contributed by atoms with Crippen molar-refractivity contribution in [1.29, 1.82) is 0 Å². The van der Waals surface area contributed by atoms with Crippen LogP contribution >= 0.6 is 0 Å². The van der Waals surface area contributed by atoms with Gasteiger partial charge in [0, 0.05) is 11.7 Å². The standard InChI is InChI=1S/C13H18F2N2O3/c1-3-4-9(7-11(18)19)16-12(20)10-6-5-8(2)17(10)13(14)15/h5-6,9,13H,3-4,7H2,1-2H3,(H,16,20)(H,18,19)/t9-/m1/s1. The van der Waals surface area contributed by atoms with E-state index in [4.69, 9.17) is 5.11 Å². The Morgan fingerprint density at radius 2 is 2.05 bits per heavy atom. The van der Waals surface area contributed by atoms with Gasteiger partial charge < -0.3 is 10.4 Å². The summed E-state index contributed by atoms with van der Waals surface area (Å²) in [6.45, 7) is 0.520. The van der Waals surface area contributed by atoms with Crippen molar-refractivity contribution in [1.82, 2.24) is 9.88 Å². The van der Waals surface area contributed by atoms with Gasteiger partial charge in [0.2, 0.25) is 0 Å². The molecule has 0 aliphatic rings. The third kappa shape index (κ3) is 4.04. The molecule has 7 heteroatoms. The average molecular weight is 288 g/mol. The van der Waals surface area contributed by atoms with E-state index in [-0.39, 0.29) is 17.8 Å². The van der Waals surface area contributed by atoms with Crippen molar-refractivity contribution >= 4 is 11.9 Å². The van der Waals surface area contributed by atoms with Gasteiger partial charge in [0.1, 0.15) is 5.69 Å². The Labute approximate surface area is 115 Å². The number of aryl methyl sites for hydroxylation is 1. The average Bonchev–Trinajstić information content (AvgIpc) is 2.70. The quantitative estimate of drug-likeness (QED) is 0.810. The van der Waals surface area contributed by atoms with Crippen molar-refractivity contribution in [2.45, 2.75) is 45.7 Å². The fourth-order valence-corrected chi connectivity index (χ4v) is 2.04. The van der Waals surface area contributed by atoms with Gasteiger partial charge in [-0.3, -0.25) is 14.2 Å². The smallest absolute Gasteiger partial charge is 0.319 e. The number of nitrogens with one attached hydrogen (secondary N) is 1. The van der Waals surface area contributed by atoms with Gasteiger partial charge in [0.05, 0.1) is 6.42 Å². The number of hydrogen-bond donors (Lipinski definition) is 2. The third-order valence-corrected chi connectivity index (χ3v) is 2.94. The first-order valence-corrected chi connectivity index (χ1v) is 6.35. The van der Waals surface area contributed by atoms with Gasteiger partial charge in [0.25, 0.3) is 5.91 Å². The molecule has 1 aromatic rings. The van der Waals surface area contributed by atoms with Crippen LogP contribution in [0.2, 0.25) is 0 Å². The largest absolute Gasteiger partial charge is 0.481 e. The van der Waals surface area contributed by atoms with E-state index in [0.29, 0.717) is 17.4 Å². The topological polar surface area (TPSA) is 71.3 Å². The Morgan fingerprint density at radius 3 is 2.55 bits per heavy atom. The third-order valence-electron chi connectivity index (χ3n) is 2.94. The van der Waals surface area contributed by atoms with Crippen LogP contribution in [0.5, 0.6) is 0 Å². The molecule has 1 aromatic heterocycles. The van der Waals surface area contributed by atoms with E-state index in [2.05, 4.69) is 5.32 Å². The van der Waals surface area contributed by atoms with Crippen molar-refractivity contribution < 1.29 is 23.5 Å². The Kier molecular flexibility index (Phi) is 5.66. The second-order valence-corrected chi connectivity index (χ2v) is 4.56. The van der Waals surface area contributed by atoms with E-state index in [1.54, 1.807) is 0 Å². The summed E-state index contributed by atoms with van der Waals surface area (Å²) in [5.41, 5.74) is 0.111. The fraction of sp³-hybridized carbons (Fsp3) is 0.538. The second kappa shape index (κ2) is 7.02. The lowest BCUT2D eigenvalue weighted by Gasteiger charge is -2.17. The molecule has 0 unspecified atom stereocenters. The Hall–Kier alpha value is -1.92. The first kappa shape index (κ1) is 16.1. The van der Waals surface area contributed by atoms with Crippen LogP contribution in [0.4, 0.5) is 8.78 Å². The molecule has 1 heterocycles. The van der Waals surface area contributed by atoms with Crippen LogP contribution in [0.15, 0.2) is 12.1 Å².